The lowest BCUT2D eigenvalue weighted by atomic mass is 9.99. The van der Waals surface area contributed by atoms with Crippen molar-refractivity contribution in [2.75, 3.05) is 12.4 Å². The van der Waals surface area contributed by atoms with E-state index in [-0.39, 0.29) is 11.8 Å². The van der Waals surface area contributed by atoms with E-state index < -0.39 is 0 Å². The number of carbonyl (C=O) groups is 2. The zero-order valence-corrected chi connectivity index (χ0v) is 15.2. The molecule has 0 aliphatic carbocycles. The highest BCUT2D eigenvalue weighted by atomic mass is 16.2. The second-order valence-corrected chi connectivity index (χ2v) is 6.66. The molecule has 0 aromatic heterocycles. The third-order valence-electron chi connectivity index (χ3n) is 4.72. The van der Waals surface area contributed by atoms with Crippen molar-refractivity contribution >= 4 is 23.1 Å². The number of imide groups is 1. The molecule has 2 aromatic carbocycles. The molecule has 128 valence electrons. The molecule has 1 heterocycles. The van der Waals surface area contributed by atoms with Crippen LogP contribution in [0.1, 0.15) is 27.8 Å². The fraction of sp³-hybridized carbons (Fsp3) is 0.238. The summed E-state index contributed by atoms with van der Waals surface area (Å²) in [5, 5.41) is 3.20. The van der Waals surface area contributed by atoms with E-state index >= 15 is 0 Å². The number of amides is 2. The highest BCUT2D eigenvalue weighted by Gasteiger charge is 2.37. The monoisotopic (exact) mass is 334 g/mol. The molecule has 3 rings (SSSR count). The average Bonchev–Trinajstić information content (AvgIpc) is 2.77. The number of anilines is 1. The Kier molecular flexibility index (Phi) is 4.21. The van der Waals surface area contributed by atoms with E-state index in [9.17, 15) is 9.59 Å². The summed E-state index contributed by atoms with van der Waals surface area (Å²) in [7, 11) is 1.52. The summed E-state index contributed by atoms with van der Waals surface area (Å²) >= 11 is 0. The number of nitrogens with one attached hydrogen (secondary N) is 1. The van der Waals surface area contributed by atoms with E-state index in [4.69, 9.17) is 0 Å². The van der Waals surface area contributed by atoms with Crippen LogP contribution < -0.4 is 5.32 Å². The average molecular weight is 334 g/mol. The van der Waals surface area contributed by atoms with Gasteiger partial charge in [-0.1, -0.05) is 35.9 Å². The molecule has 1 aliphatic heterocycles. The first kappa shape index (κ1) is 17.0. The molecule has 0 saturated carbocycles. The molecule has 2 aromatic rings. The highest BCUT2D eigenvalue weighted by molar-refractivity contribution is 6.36. The highest BCUT2D eigenvalue weighted by Crippen LogP contribution is 2.31. The van der Waals surface area contributed by atoms with Gasteiger partial charge in [-0.2, -0.15) is 0 Å². The standard InChI is InChI=1S/C21H22N2O2/c1-12-6-9-17(15(4)10-12)22-19-18(20(24)23(5)21(19)25)16-8-7-13(2)14(3)11-16/h6-11,22H,1-5H3. The Labute approximate surface area is 148 Å². The summed E-state index contributed by atoms with van der Waals surface area (Å²) in [6.45, 7) is 8.03. The first-order valence-electron chi connectivity index (χ1n) is 8.28. The third-order valence-corrected chi connectivity index (χ3v) is 4.72. The number of likely N-dealkylation sites (N-methyl/N-ethyl adjacent to an activating group) is 1. The van der Waals surface area contributed by atoms with Crippen molar-refractivity contribution in [2.24, 2.45) is 0 Å². The first-order chi connectivity index (χ1) is 11.8. The van der Waals surface area contributed by atoms with Crippen LogP contribution in [0.2, 0.25) is 0 Å². The summed E-state index contributed by atoms with van der Waals surface area (Å²) in [6.07, 6.45) is 0. The summed E-state index contributed by atoms with van der Waals surface area (Å²) < 4.78 is 0. The summed E-state index contributed by atoms with van der Waals surface area (Å²) in [5.74, 6) is -0.585. The lowest BCUT2D eigenvalue weighted by Gasteiger charge is -2.12. The van der Waals surface area contributed by atoms with Crippen molar-refractivity contribution in [3.8, 4) is 0 Å². The predicted molar refractivity (Wildman–Crippen MR) is 100 cm³/mol. The minimum atomic E-state index is -0.307. The van der Waals surface area contributed by atoms with E-state index in [0.717, 1.165) is 38.4 Å². The lowest BCUT2D eigenvalue weighted by molar-refractivity contribution is -0.135. The van der Waals surface area contributed by atoms with Crippen molar-refractivity contribution in [1.29, 1.82) is 0 Å². The maximum absolute atomic E-state index is 12.7. The molecule has 1 N–H and O–H groups in total. The fourth-order valence-corrected chi connectivity index (χ4v) is 3.01. The van der Waals surface area contributed by atoms with E-state index in [1.54, 1.807) is 0 Å². The topological polar surface area (TPSA) is 49.4 Å². The van der Waals surface area contributed by atoms with Crippen LogP contribution in [0.15, 0.2) is 42.1 Å². The Morgan fingerprint density at radius 3 is 2.16 bits per heavy atom. The van der Waals surface area contributed by atoms with E-state index in [0.29, 0.717) is 11.3 Å². The molecule has 0 spiro atoms. The van der Waals surface area contributed by atoms with E-state index in [1.165, 1.54) is 7.05 Å². The number of nitrogens with zero attached hydrogens (tertiary/aromatic N) is 1. The SMILES string of the molecule is Cc1ccc(NC2=C(c3ccc(C)c(C)c3)C(=O)N(C)C2=O)c(C)c1. The number of rotatable bonds is 3. The Hall–Kier alpha value is -2.88. The van der Waals surface area contributed by atoms with Crippen LogP contribution in [0.25, 0.3) is 5.57 Å². The summed E-state index contributed by atoms with van der Waals surface area (Å²) in [6, 6.07) is 11.8. The van der Waals surface area contributed by atoms with Crippen molar-refractivity contribution in [3.05, 3.63) is 69.9 Å². The molecule has 0 bridgehead atoms. The van der Waals surface area contributed by atoms with Gasteiger partial charge in [0.15, 0.2) is 0 Å². The second-order valence-electron chi connectivity index (χ2n) is 6.66. The van der Waals surface area contributed by atoms with Gasteiger partial charge in [0.25, 0.3) is 11.8 Å². The van der Waals surface area contributed by atoms with Gasteiger partial charge in [0.1, 0.15) is 5.70 Å². The molecule has 2 amide bonds. The van der Waals surface area contributed by atoms with Crippen LogP contribution in [0.4, 0.5) is 5.69 Å². The van der Waals surface area contributed by atoms with Gasteiger partial charge in [0, 0.05) is 12.7 Å². The number of hydrogen-bond acceptors (Lipinski definition) is 3. The Balaban J connectivity index is 2.13. The molecule has 4 heteroatoms. The van der Waals surface area contributed by atoms with Gasteiger partial charge < -0.3 is 5.32 Å². The quantitative estimate of drug-likeness (QED) is 0.870. The number of hydrogen-bond donors (Lipinski definition) is 1. The molecule has 0 unspecified atom stereocenters. The Bertz CT molecular complexity index is 925. The van der Waals surface area contributed by atoms with Crippen molar-refractivity contribution < 1.29 is 9.59 Å². The second kappa shape index (κ2) is 6.20. The van der Waals surface area contributed by atoms with Crippen LogP contribution in [0, 0.1) is 27.7 Å². The zero-order chi connectivity index (χ0) is 18.3. The largest absolute Gasteiger partial charge is 0.350 e. The van der Waals surface area contributed by atoms with Crippen LogP contribution in [0.5, 0.6) is 0 Å². The van der Waals surface area contributed by atoms with Gasteiger partial charge in [-0.25, -0.2) is 0 Å². The molecule has 0 radical (unpaired) electrons. The molecular weight excluding hydrogens is 312 g/mol. The van der Waals surface area contributed by atoms with Gasteiger partial charge in [-0.15, -0.1) is 0 Å². The predicted octanol–water partition coefficient (Wildman–Crippen LogP) is 3.74. The molecule has 0 saturated heterocycles. The lowest BCUT2D eigenvalue weighted by Crippen LogP contribution is -2.28. The van der Waals surface area contributed by atoms with Gasteiger partial charge >= 0.3 is 0 Å². The van der Waals surface area contributed by atoms with Crippen molar-refractivity contribution in [1.82, 2.24) is 4.90 Å². The smallest absolute Gasteiger partial charge is 0.277 e. The number of benzene rings is 2. The molecule has 4 nitrogen and oxygen atoms in total. The number of carbonyl (C=O) groups excluding carboxylic acids is 2. The minimum Gasteiger partial charge on any atom is -0.350 e. The van der Waals surface area contributed by atoms with Gasteiger partial charge in [0.05, 0.1) is 5.57 Å². The summed E-state index contributed by atoms with van der Waals surface area (Å²) in [4.78, 5) is 26.4. The van der Waals surface area contributed by atoms with Crippen molar-refractivity contribution in [3.63, 3.8) is 0 Å². The van der Waals surface area contributed by atoms with Crippen LogP contribution in [-0.2, 0) is 9.59 Å². The van der Waals surface area contributed by atoms with E-state index in [1.807, 2.05) is 64.1 Å². The molecule has 0 atom stereocenters. The summed E-state index contributed by atoms with van der Waals surface area (Å²) in [5.41, 5.74) is 6.78. The van der Waals surface area contributed by atoms with Gasteiger partial charge in [-0.05, 0) is 56.0 Å². The first-order valence-corrected chi connectivity index (χ1v) is 8.28. The Morgan fingerprint density at radius 1 is 0.800 bits per heavy atom. The maximum atomic E-state index is 12.7. The van der Waals surface area contributed by atoms with E-state index in [2.05, 4.69) is 5.32 Å². The number of aryl methyl sites for hydroxylation is 4. The molecule has 0 fully saturated rings. The van der Waals surface area contributed by atoms with Crippen molar-refractivity contribution in [2.45, 2.75) is 27.7 Å². The maximum Gasteiger partial charge on any atom is 0.277 e. The normalized spacial score (nSPS) is 14.5. The van der Waals surface area contributed by atoms with Crippen LogP contribution >= 0.6 is 0 Å². The minimum absolute atomic E-state index is 0.277. The Morgan fingerprint density at radius 2 is 1.52 bits per heavy atom. The molecular formula is C21H22N2O2. The zero-order valence-electron chi connectivity index (χ0n) is 15.2. The third kappa shape index (κ3) is 2.95. The molecule has 25 heavy (non-hydrogen) atoms. The van der Waals surface area contributed by atoms with Crippen LogP contribution in [0.3, 0.4) is 0 Å². The van der Waals surface area contributed by atoms with Crippen LogP contribution in [-0.4, -0.2) is 23.8 Å². The molecule has 1 aliphatic rings. The van der Waals surface area contributed by atoms with Gasteiger partial charge in [0.2, 0.25) is 0 Å². The fourth-order valence-electron chi connectivity index (χ4n) is 3.01. The van der Waals surface area contributed by atoms with Gasteiger partial charge in [-0.3, -0.25) is 14.5 Å².